The third-order valence-corrected chi connectivity index (χ3v) is 5.92. The number of amides is 2. The fourth-order valence-electron chi connectivity index (χ4n) is 4.77. The number of nitrogens with zero attached hydrogens (tertiary/aromatic N) is 4. The van der Waals surface area contributed by atoms with Crippen LogP contribution in [0.4, 0.5) is 15.8 Å². The van der Waals surface area contributed by atoms with E-state index < -0.39 is 16.9 Å². The lowest BCUT2D eigenvalue weighted by molar-refractivity contribution is -0.384. The molecule has 3 heterocycles. The molecule has 0 N–H and O–H groups in total. The van der Waals surface area contributed by atoms with E-state index in [-0.39, 0.29) is 35.0 Å². The number of benzene rings is 2. The summed E-state index contributed by atoms with van der Waals surface area (Å²) in [5, 5.41) is 15.1. The highest BCUT2D eigenvalue weighted by molar-refractivity contribution is 6.24. The molecule has 2 amide bonds. The number of hydrogen-bond donors (Lipinski definition) is 0. The predicted molar refractivity (Wildman–Crippen MR) is 100 cm³/mol. The van der Waals surface area contributed by atoms with Gasteiger partial charge in [-0.3, -0.25) is 19.7 Å². The summed E-state index contributed by atoms with van der Waals surface area (Å²) in [6.07, 6.45) is 0.860. The Kier molecular flexibility index (Phi) is 3.97. The van der Waals surface area contributed by atoms with Gasteiger partial charge < -0.3 is 0 Å². The lowest BCUT2D eigenvalue weighted by atomic mass is 9.90. The number of carbonyl (C=O) groups excluding carboxylic acids is 2. The van der Waals surface area contributed by atoms with Gasteiger partial charge in [-0.15, -0.1) is 0 Å². The lowest BCUT2D eigenvalue weighted by Gasteiger charge is -2.29. The normalized spacial score (nSPS) is 26.8. The number of carbonyl (C=O) groups is 2. The molecule has 3 saturated heterocycles. The Morgan fingerprint density at radius 3 is 2.34 bits per heavy atom. The van der Waals surface area contributed by atoms with Crippen molar-refractivity contribution in [1.29, 1.82) is 0 Å². The van der Waals surface area contributed by atoms with Crippen LogP contribution in [0.5, 0.6) is 0 Å². The van der Waals surface area contributed by atoms with Gasteiger partial charge in [0.1, 0.15) is 11.9 Å². The number of nitro groups is 1. The highest BCUT2D eigenvalue weighted by atomic mass is 19.1. The highest BCUT2D eigenvalue weighted by Crippen LogP contribution is 2.49. The molecule has 0 saturated carbocycles. The zero-order valence-electron chi connectivity index (χ0n) is 15.3. The first-order chi connectivity index (χ1) is 14.0. The van der Waals surface area contributed by atoms with Gasteiger partial charge in [0.2, 0.25) is 5.91 Å². The average molecular weight is 396 g/mol. The Morgan fingerprint density at radius 1 is 0.966 bits per heavy atom. The minimum absolute atomic E-state index is 0.182. The van der Waals surface area contributed by atoms with Crippen molar-refractivity contribution in [2.24, 2.45) is 5.92 Å². The molecule has 3 atom stereocenters. The van der Waals surface area contributed by atoms with E-state index in [1.54, 1.807) is 12.1 Å². The van der Waals surface area contributed by atoms with Crippen LogP contribution in [0.25, 0.3) is 0 Å². The molecule has 3 aliphatic heterocycles. The number of halogens is 1. The number of nitro benzene ring substituents is 1. The molecule has 148 valence electrons. The van der Waals surface area contributed by atoms with Gasteiger partial charge in [-0.2, -0.15) is 0 Å². The second kappa shape index (κ2) is 6.43. The molecule has 0 aliphatic carbocycles. The Balaban J connectivity index is 1.57. The van der Waals surface area contributed by atoms with Crippen molar-refractivity contribution in [3.8, 4) is 0 Å². The second-order valence-corrected chi connectivity index (χ2v) is 7.44. The smallest absolute Gasteiger partial charge is 0.271 e. The Labute approximate surface area is 165 Å². The van der Waals surface area contributed by atoms with Gasteiger partial charge in [0.05, 0.1) is 22.6 Å². The third kappa shape index (κ3) is 2.58. The molecule has 29 heavy (non-hydrogen) atoms. The number of hydrazine groups is 1. The zero-order chi connectivity index (χ0) is 20.3. The van der Waals surface area contributed by atoms with Crippen LogP contribution in [0.1, 0.15) is 18.0 Å². The van der Waals surface area contributed by atoms with E-state index in [1.807, 2.05) is 10.0 Å². The van der Waals surface area contributed by atoms with E-state index in [0.717, 1.165) is 16.9 Å². The molecule has 8 nitrogen and oxygen atoms in total. The van der Waals surface area contributed by atoms with Gasteiger partial charge in [-0.1, -0.05) is 18.2 Å². The number of hydrogen-bond acceptors (Lipinski definition) is 6. The van der Waals surface area contributed by atoms with E-state index in [2.05, 4.69) is 0 Å². The molecule has 0 unspecified atom stereocenters. The Hall–Kier alpha value is -3.17. The van der Waals surface area contributed by atoms with Crippen LogP contribution in [-0.4, -0.2) is 45.9 Å². The molecule has 0 bridgehead atoms. The van der Waals surface area contributed by atoms with Gasteiger partial charge in [-0.25, -0.2) is 19.3 Å². The molecule has 0 spiro atoms. The summed E-state index contributed by atoms with van der Waals surface area (Å²) in [6, 6.07) is 10.5. The lowest BCUT2D eigenvalue weighted by Crippen LogP contribution is -2.44. The summed E-state index contributed by atoms with van der Waals surface area (Å²) >= 11 is 0. The fourth-order valence-corrected chi connectivity index (χ4v) is 4.77. The molecule has 0 aromatic heterocycles. The highest BCUT2D eigenvalue weighted by Gasteiger charge is 2.62. The molecule has 2 aromatic rings. The zero-order valence-corrected chi connectivity index (χ0v) is 15.3. The van der Waals surface area contributed by atoms with E-state index in [1.165, 1.54) is 36.4 Å². The van der Waals surface area contributed by atoms with Crippen molar-refractivity contribution < 1.29 is 18.9 Å². The van der Waals surface area contributed by atoms with Crippen LogP contribution in [0.2, 0.25) is 0 Å². The summed E-state index contributed by atoms with van der Waals surface area (Å²) in [7, 11) is 0. The number of fused-ring (bicyclic) bond motifs is 3. The van der Waals surface area contributed by atoms with Crippen molar-refractivity contribution in [3.05, 3.63) is 70.0 Å². The summed E-state index contributed by atoms with van der Waals surface area (Å²) in [4.78, 5) is 38.2. The average Bonchev–Trinajstić information content (AvgIpc) is 3.35. The molecule has 3 aliphatic rings. The molecular weight excluding hydrogens is 379 g/mol. The van der Waals surface area contributed by atoms with Crippen molar-refractivity contribution in [2.75, 3.05) is 18.0 Å². The molecule has 0 radical (unpaired) electrons. The SMILES string of the molecule is O=C1[C@H]2[C@H](C(=O)N1c1cccc([N+](=O)[O-])c1)N1CCCN1[C@H]2c1ccc(F)cc1. The summed E-state index contributed by atoms with van der Waals surface area (Å²) in [6.45, 7) is 1.37. The molecule has 3 fully saturated rings. The van der Waals surface area contributed by atoms with Gasteiger partial charge in [-0.05, 0) is 30.2 Å². The molecule has 5 rings (SSSR count). The number of non-ortho nitro benzene ring substituents is 1. The van der Waals surface area contributed by atoms with Gasteiger partial charge in [0.25, 0.3) is 11.6 Å². The monoisotopic (exact) mass is 396 g/mol. The number of rotatable bonds is 3. The van der Waals surface area contributed by atoms with Gasteiger partial charge in [0.15, 0.2) is 0 Å². The minimum Gasteiger partial charge on any atom is -0.274 e. The van der Waals surface area contributed by atoms with Crippen LogP contribution < -0.4 is 4.90 Å². The van der Waals surface area contributed by atoms with Gasteiger partial charge in [0, 0.05) is 25.2 Å². The standard InChI is InChI=1S/C20H17FN4O4/c21-13-7-5-12(6-8-13)17-16-18(23-10-2-9-22(17)23)20(27)24(19(16)26)14-3-1-4-15(11-14)25(28)29/h1,3-8,11,16-18H,2,9-10H2/t16-,17+,18-/m1/s1. The van der Waals surface area contributed by atoms with E-state index in [0.29, 0.717) is 13.1 Å². The first kappa shape index (κ1) is 17.9. The van der Waals surface area contributed by atoms with Gasteiger partial charge >= 0.3 is 0 Å². The fraction of sp³-hybridized carbons (Fsp3) is 0.300. The van der Waals surface area contributed by atoms with Crippen LogP contribution in [0.15, 0.2) is 48.5 Å². The van der Waals surface area contributed by atoms with Crippen LogP contribution in [-0.2, 0) is 9.59 Å². The van der Waals surface area contributed by atoms with E-state index >= 15 is 0 Å². The van der Waals surface area contributed by atoms with E-state index in [9.17, 15) is 24.1 Å². The van der Waals surface area contributed by atoms with Crippen LogP contribution in [0.3, 0.4) is 0 Å². The maximum atomic E-state index is 13.4. The predicted octanol–water partition coefficient (Wildman–Crippen LogP) is 2.27. The van der Waals surface area contributed by atoms with Crippen LogP contribution in [0, 0.1) is 21.8 Å². The quantitative estimate of drug-likeness (QED) is 0.449. The maximum Gasteiger partial charge on any atom is 0.271 e. The number of anilines is 1. The summed E-state index contributed by atoms with van der Waals surface area (Å²) in [5.74, 6) is -1.78. The first-order valence-electron chi connectivity index (χ1n) is 9.38. The molecule has 2 aromatic carbocycles. The van der Waals surface area contributed by atoms with Crippen molar-refractivity contribution >= 4 is 23.2 Å². The van der Waals surface area contributed by atoms with E-state index in [4.69, 9.17) is 0 Å². The summed E-state index contributed by atoms with van der Waals surface area (Å²) < 4.78 is 13.4. The molecule has 9 heteroatoms. The topological polar surface area (TPSA) is 87.0 Å². The minimum atomic E-state index is -0.653. The molecular formula is C20H17FN4O4. The van der Waals surface area contributed by atoms with Crippen molar-refractivity contribution in [1.82, 2.24) is 10.0 Å². The van der Waals surface area contributed by atoms with Crippen molar-refractivity contribution in [3.63, 3.8) is 0 Å². The second-order valence-electron chi connectivity index (χ2n) is 7.44. The third-order valence-electron chi connectivity index (χ3n) is 5.92. The maximum absolute atomic E-state index is 13.4. The largest absolute Gasteiger partial charge is 0.274 e. The Bertz CT molecular complexity index is 1030. The van der Waals surface area contributed by atoms with Crippen LogP contribution >= 0.6 is 0 Å². The summed E-state index contributed by atoms with van der Waals surface area (Å²) in [5.41, 5.74) is 0.790. The first-order valence-corrected chi connectivity index (χ1v) is 9.38. The Morgan fingerprint density at radius 2 is 1.66 bits per heavy atom. The van der Waals surface area contributed by atoms with Crippen molar-refractivity contribution in [2.45, 2.75) is 18.5 Å². The number of imide groups is 1.